The molecule has 0 aliphatic heterocycles. The fourth-order valence-corrected chi connectivity index (χ4v) is 1.96. The molecular weight excluding hydrogens is 230 g/mol. The van der Waals surface area contributed by atoms with Crippen molar-refractivity contribution in [3.63, 3.8) is 0 Å². The van der Waals surface area contributed by atoms with Gasteiger partial charge in [-0.3, -0.25) is 4.79 Å². The topological polar surface area (TPSA) is 74.2 Å². The third kappa shape index (κ3) is 1.28. The van der Waals surface area contributed by atoms with Gasteiger partial charge in [-0.25, -0.2) is 0 Å². The molecule has 0 unspecified atom stereocenters. The molecule has 0 atom stereocenters. The van der Waals surface area contributed by atoms with Crippen molar-refractivity contribution in [1.82, 2.24) is 0 Å². The first-order chi connectivity index (χ1) is 8.72. The monoisotopic (exact) mass is 237 g/mol. The summed E-state index contributed by atoms with van der Waals surface area (Å²) < 4.78 is 5.55. The normalized spacial score (nSPS) is 10.6. The highest BCUT2D eigenvalue weighted by atomic mass is 16.3. The van der Waals surface area contributed by atoms with Crippen LogP contribution in [-0.2, 0) is 0 Å². The molecule has 1 aromatic heterocycles. The molecule has 0 aliphatic rings. The van der Waals surface area contributed by atoms with Crippen molar-refractivity contribution in [2.45, 2.75) is 0 Å². The second-order valence-corrected chi connectivity index (χ2v) is 3.88. The third-order valence-electron chi connectivity index (χ3n) is 2.84. The molecule has 0 aliphatic carbocycles. The molecule has 4 heteroatoms. The summed E-state index contributed by atoms with van der Waals surface area (Å²) in [6.07, 6.45) is 0. The van der Waals surface area contributed by atoms with E-state index in [0.717, 1.165) is 0 Å². The van der Waals surface area contributed by atoms with E-state index in [-0.39, 0.29) is 22.3 Å². The molecule has 0 radical (unpaired) electrons. The second kappa shape index (κ2) is 3.60. The van der Waals surface area contributed by atoms with Crippen LogP contribution in [-0.4, -0.2) is 5.11 Å². The van der Waals surface area contributed by atoms with Crippen LogP contribution in [0.3, 0.4) is 0 Å². The first-order valence-corrected chi connectivity index (χ1v) is 5.30. The van der Waals surface area contributed by atoms with E-state index in [1.807, 2.05) is 6.07 Å². The molecule has 0 fully saturated rings. The van der Waals surface area contributed by atoms with E-state index in [4.69, 9.17) is 9.68 Å². The lowest BCUT2D eigenvalue weighted by Gasteiger charge is -2.03. The van der Waals surface area contributed by atoms with Crippen LogP contribution in [0.5, 0.6) is 5.75 Å². The Bertz CT molecular complexity index is 872. The van der Waals surface area contributed by atoms with E-state index < -0.39 is 0 Å². The van der Waals surface area contributed by atoms with Gasteiger partial charge >= 0.3 is 0 Å². The standard InChI is InChI=1S/C14H7NO3/c15-7-10-11(16)6-5-9-13(17)8-3-1-2-4-12(8)18-14(9)10/h1-6,16H. The minimum atomic E-state index is -0.205. The molecular formula is C14H7NO3. The summed E-state index contributed by atoms with van der Waals surface area (Å²) in [4.78, 5) is 12.2. The minimum absolute atomic E-state index is 0.0182. The zero-order valence-electron chi connectivity index (χ0n) is 9.18. The number of nitriles is 1. The van der Waals surface area contributed by atoms with Gasteiger partial charge in [-0.1, -0.05) is 12.1 Å². The smallest absolute Gasteiger partial charge is 0.200 e. The molecule has 3 aromatic rings. The van der Waals surface area contributed by atoms with Gasteiger partial charge in [0.15, 0.2) is 5.58 Å². The molecule has 4 nitrogen and oxygen atoms in total. The van der Waals surface area contributed by atoms with Crippen LogP contribution in [0.1, 0.15) is 5.56 Å². The maximum atomic E-state index is 12.2. The summed E-state index contributed by atoms with van der Waals surface area (Å²) >= 11 is 0. The molecule has 0 saturated carbocycles. The molecule has 2 aromatic carbocycles. The number of phenolic OH excluding ortho intramolecular Hbond substituents is 1. The van der Waals surface area contributed by atoms with Crippen molar-refractivity contribution in [1.29, 1.82) is 5.26 Å². The molecule has 86 valence electrons. The maximum Gasteiger partial charge on any atom is 0.200 e. The molecule has 3 rings (SSSR count). The summed E-state index contributed by atoms with van der Waals surface area (Å²) in [5.74, 6) is -0.191. The van der Waals surface area contributed by atoms with Gasteiger partial charge in [-0.2, -0.15) is 5.26 Å². The van der Waals surface area contributed by atoms with Crippen molar-refractivity contribution in [3.8, 4) is 11.8 Å². The molecule has 0 bridgehead atoms. The number of aromatic hydroxyl groups is 1. The van der Waals surface area contributed by atoms with Gasteiger partial charge in [-0.05, 0) is 24.3 Å². The van der Waals surface area contributed by atoms with E-state index in [1.54, 1.807) is 24.3 Å². The second-order valence-electron chi connectivity index (χ2n) is 3.88. The average Bonchev–Trinajstić information content (AvgIpc) is 2.39. The summed E-state index contributed by atoms with van der Waals surface area (Å²) in [5.41, 5.74) is 0.303. The highest BCUT2D eigenvalue weighted by Crippen LogP contribution is 2.27. The van der Waals surface area contributed by atoms with Crippen molar-refractivity contribution < 1.29 is 9.52 Å². The van der Waals surface area contributed by atoms with Gasteiger partial charge in [-0.15, -0.1) is 0 Å². The van der Waals surface area contributed by atoms with Crippen molar-refractivity contribution in [2.75, 3.05) is 0 Å². The van der Waals surface area contributed by atoms with Gasteiger partial charge in [0.25, 0.3) is 0 Å². The largest absolute Gasteiger partial charge is 0.506 e. The van der Waals surface area contributed by atoms with E-state index in [1.165, 1.54) is 12.1 Å². The number of hydrogen-bond acceptors (Lipinski definition) is 4. The summed E-state index contributed by atoms with van der Waals surface area (Å²) in [5, 5.41) is 19.3. The Labute approximate surface area is 101 Å². The van der Waals surface area contributed by atoms with Gasteiger partial charge < -0.3 is 9.52 Å². The summed E-state index contributed by atoms with van der Waals surface area (Å²) in [7, 11) is 0. The fourth-order valence-electron chi connectivity index (χ4n) is 1.96. The van der Waals surface area contributed by atoms with E-state index in [0.29, 0.717) is 16.4 Å². The Balaban J connectivity index is 2.65. The number of para-hydroxylation sites is 1. The van der Waals surface area contributed by atoms with Crippen molar-refractivity contribution in [3.05, 3.63) is 52.2 Å². The highest BCUT2D eigenvalue weighted by Gasteiger charge is 2.13. The van der Waals surface area contributed by atoms with Crippen LogP contribution < -0.4 is 5.43 Å². The zero-order valence-corrected chi connectivity index (χ0v) is 9.18. The van der Waals surface area contributed by atoms with Crippen LogP contribution in [0.4, 0.5) is 0 Å². The number of phenols is 1. The van der Waals surface area contributed by atoms with Gasteiger partial charge in [0.2, 0.25) is 5.43 Å². The molecule has 0 amide bonds. The molecule has 1 N–H and O–H groups in total. The molecule has 0 saturated heterocycles. The van der Waals surface area contributed by atoms with Crippen LogP contribution in [0.25, 0.3) is 21.9 Å². The number of nitrogens with zero attached hydrogens (tertiary/aromatic N) is 1. The predicted molar refractivity (Wildman–Crippen MR) is 66.4 cm³/mol. The molecule has 18 heavy (non-hydrogen) atoms. The van der Waals surface area contributed by atoms with Crippen LogP contribution in [0.2, 0.25) is 0 Å². The Hall–Kier alpha value is -2.80. The number of hydrogen-bond donors (Lipinski definition) is 1. The number of fused-ring (bicyclic) bond motifs is 2. The zero-order chi connectivity index (χ0) is 12.7. The van der Waals surface area contributed by atoms with Crippen LogP contribution in [0, 0.1) is 11.3 Å². The van der Waals surface area contributed by atoms with Gasteiger partial charge in [0, 0.05) is 0 Å². The first-order valence-electron chi connectivity index (χ1n) is 5.30. The molecule has 0 spiro atoms. The van der Waals surface area contributed by atoms with Crippen LogP contribution >= 0.6 is 0 Å². The summed E-state index contributed by atoms with van der Waals surface area (Å²) in [6.45, 7) is 0. The third-order valence-corrected chi connectivity index (χ3v) is 2.84. The van der Waals surface area contributed by atoms with E-state index >= 15 is 0 Å². The molecule has 1 heterocycles. The van der Waals surface area contributed by atoms with E-state index in [2.05, 4.69) is 0 Å². The predicted octanol–water partition coefficient (Wildman–Crippen LogP) is 2.52. The lowest BCUT2D eigenvalue weighted by molar-refractivity contribution is 0.473. The SMILES string of the molecule is N#Cc1c(O)ccc2c(=O)c3ccccc3oc12. The minimum Gasteiger partial charge on any atom is -0.506 e. The fraction of sp³-hybridized carbons (Fsp3) is 0. The quantitative estimate of drug-likeness (QED) is 0.609. The Morgan fingerprint density at radius 1 is 1.11 bits per heavy atom. The van der Waals surface area contributed by atoms with Crippen molar-refractivity contribution >= 4 is 21.9 Å². The van der Waals surface area contributed by atoms with Gasteiger partial charge in [0.1, 0.15) is 23.0 Å². The highest BCUT2D eigenvalue weighted by molar-refractivity contribution is 5.93. The lowest BCUT2D eigenvalue weighted by atomic mass is 10.1. The van der Waals surface area contributed by atoms with E-state index in [9.17, 15) is 9.90 Å². The first kappa shape index (κ1) is 10.4. The Kier molecular flexibility index (Phi) is 2.07. The summed E-state index contributed by atoms with van der Waals surface area (Å²) in [6, 6.07) is 11.4. The van der Waals surface area contributed by atoms with Crippen LogP contribution in [0.15, 0.2) is 45.6 Å². The maximum absolute atomic E-state index is 12.2. The average molecular weight is 237 g/mol. The Morgan fingerprint density at radius 3 is 2.67 bits per heavy atom. The number of rotatable bonds is 0. The number of benzene rings is 2. The van der Waals surface area contributed by atoms with Crippen molar-refractivity contribution in [2.24, 2.45) is 0 Å². The van der Waals surface area contributed by atoms with Gasteiger partial charge in [0.05, 0.1) is 10.8 Å². The Morgan fingerprint density at radius 2 is 1.89 bits per heavy atom. The lowest BCUT2D eigenvalue weighted by Crippen LogP contribution is -2.02.